The molecule has 1 fully saturated rings. The van der Waals surface area contributed by atoms with E-state index in [4.69, 9.17) is 5.73 Å². The van der Waals surface area contributed by atoms with E-state index in [-0.39, 0.29) is 17.9 Å². The second kappa shape index (κ2) is 5.27. The molecule has 0 saturated carbocycles. The molecule has 20 heavy (non-hydrogen) atoms. The van der Waals surface area contributed by atoms with E-state index in [1.54, 1.807) is 0 Å². The lowest BCUT2D eigenvalue weighted by Crippen LogP contribution is -2.56. The van der Waals surface area contributed by atoms with Crippen LogP contribution >= 0.6 is 0 Å². The first-order valence-corrected chi connectivity index (χ1v) is 7.15. The van der Waals surface area contributed by atoms with Gasteiger partial charge in [0.05, 0.1) is 5.41 Å². The molecule has 1 unspecified atom stereocenters. The molecular formula is C16H22N2O2. The molecule has 0 bridgehead atoms. The number of hydrogen-bond acceptors (Lipinski definition) is 3. The molecule has 2 rings (SSSR count). The Morgan fingerprint density at radius 3 is 2.35 bits per heavy atom. The Morgan fingerprint density at radius 1 is 1.25 bits per heavy atom. The summed E-state index contributed by atoms with van der Waals surface area (Å²) in [4.78, 5) is 26.3. The van der Waals surface area contributed by atoms with Crippen molar-refractivity contribution in [2.24, 2.45) is 0 Å². The molecule has 0 radical (unpaired) electrons. The number of nitrogens with two attached hydrogens (primary N) is 1. The predicted molar refractivity (Wildman–Crippen MR) is 79.0 cm³/mol. The zero-order valence-electron chi connectivity index (χ0n) is 12.3. The molecule has 2 N–H and O–H groups in total. The Bertz CT molecular complexity index is 522. The maximum atomic E-state index is 12.9. The summed E-state index contributed by atoms with van der Waals surface area (Å²) in [6.07, 6.45) is 1.68. The van der Waals surface area contributed by atoms with E-state index in [9.17, 15) is 9.59 Å². The predicted octanol–water partition coefficient (Wildman–Crippen LogP) is 2.47. The largest absolute Gasteiger partial charge is 0.399 e. The van der Waals surface area contributed by atoms with Gasteiger partial charge in [-0.1, -0.05) is 19.1 Å². The molecule has 4 nitrogen and oxygen atoms in total. The SMILES string of the molecule is CCC1(c2ccc(N)cc2)CCC(=O)N(C(C)C)C1=O. The third-order valence-corrected chi connectivity index (χ3v) is 4.25. The first kappa shape index (κ1) is 14.6. The average molecular weight is 274 g/mol. The Morgan fingerprint density at radius 2 is 1.85 bits per heavy atom. The van der Waals surface area contributed by atoms with Gasteiger partial charge in [0.1, 0.15) is 0 Å². The van der Waals surface area contributed by atoms with Crippen molar-refractivity contribution >= 4 is 17.5 Å². The van der Waals surface area contributed by atoms with Gasteiger partial charge in [-0.2, -0.15) is 0 Å². The van der Waals surface area contributed by atoms with Gasteiger partial charge in [-0.15, -0.1) is 0 Å². The number of carbonyl (C=O) groups is 2. The minimum Gasteiger partial charge on any atom is -0.399 e. The molecule has 1 aliphatic rings. The van der Waals surface area contributed by atoms with Crippen LogP contribution in [0, 0.1) is 0 Å². The van der Waals surface area contributed by atoms with Gasteiger partial charge in [0.2, 0.25) is 11.8 Å². The van der Waals surface area contributed by atoms with E-state index in [1.807, 2.05) is 45.0 Å². The van der Waals surface area contributed by atoms with Crippen molar-refractivity contribution in [3.8, 4) is 0 Å². The van der Waals surface area contributed by atoms with Gasteiger partial charge in [0.25, 0.3) is 0 Å². The summed E-state index contributed by atoms with van der Waals surface area (Å²) in [7, 11) is 0. The minimum atomic E-state index is -0.591. The zero-order chi connectivity index (χ0) is 14.9. The summed E-state index contributed by atoms with van der Waals surface area (Å²) in [6.45, 7) is 5.76. The van der Waals surface area contributed by atoms with Crippen molar-refractivity contribution < 1.29 is 9.59 Å². The summed E-state index contributed by atoms with van der Waals surface area (Å²) in [6, 6.07) is 7.34. The highest BCUT2D eigenvalue weighted by Gasteiger charge is 2.47. The van der Waals surface area contributed by atoms with Crippen molar-refractivity contribution in [3.63, 3.8) is 0 Å². The number of likely N-dealkylation sites (tertiary alicyclic amines) is 1. The smallest absolute Gasteiger partial charge is 0.240 e. The second-order valence-corrected chi connectivity index (χ2v) is 5.72. The van der Waals surface area contributed by atoms with Crippen molar-refractivity contribution in [1.82, 2.24) is 4.90 Å². The molecule has 0 aromatic heterocycles. The van der Waals surface area contributed by atoms with Crippen LogP contribution in [0.25, 0.3) is 0 Å². The quantitative estimate of drug-likeness (QED) is 0.680. The summed E-state index contributed by atoms with van der Waals surface area (Å²) in [5.41, 5.74) is 6.77. The van der Waals surface area contributed by atoms with Gasteiger partial charge in [0.15, 0.2) is 0 Å². The number of rotatable bonds is 3. The number of carbonyl (C=O) groups excluding carboxylic acids is 2. The van der Waals surface area contributed by atoms with Gasteiger partial charge >= 0.3 is 0 Å². The third-order valence-electron chi connectivity index (χ3n) is 4.25. The van der Waals surface area contributed by atoms with Gasteiger partial charge in [0, 0.05) is 18.2 Å². The molecule has 1 aliphatic heterocycles. The Labute approximate surface area is 119 Å². The molecule has 4 heteroatoms. The van der Waals surface area contributed by atoms with Crippen LogP contribution in [0.3, 0.4) is 0 Å². The third kappa shape index (κ3) is 2.19. The summed E-state index contributed by atoms with van der Waals surface area (Å²) >= 11 is 0. The fourth-order valence-electron chi connectivity index (χ4n) is 3.02. The molecule has 108 valence electrons. The molecule has 1 atom stereocenters. The van der Waals surface area contributed by atoms with Crippen molar-refractivity contribution in [2.45, 2.75) is 51.5 Å². The number of piperidine rings is 1. The van der Waals surface area contributed by atoms with E-state index < -0.39 is 5.41 Å². The number of benzene rings is 1. The van der Waals surface area contributed by atoms with E-state index in [0.29, 0.717) is 24.9 Å². The van der Waals surface area contributed by atoms with Crippen LogP contribution in [0.1, 0.15) is 45.6 Å². The number of imide groups is 1. The lowest BCUT2D eigenvalue weighted by molar-refractivity contribution is -0.155. The monoisotopic (exact) mass is 274 g/mol. The molecule has 1 aromatic carbocycles. The number of anilines is 1. The lowest BCUT2D eigenvalue weighted by atomic mass is 9.71. The van der Waals surface area contributed by atoms with Gasteiger partial charge in [-0.25, -0.2) is 0 Å². The molecule has 0 spiro atoms. The van der Waals surface area contributed by atoms with E-state index >= 15 is 0 Å². The van der Waals surface area contributed by atoms with Crippen molar-refractivity contribution in [3.05, 3.63) is 29.8 Å². The Hall–Kier alpha value is -1.84. The summed E-state index contributed by atoms with van der Waals surface area (Å²) < 4.78 is 0. The molecular weight excluding hydrogens is 252 g/mol. The maximum Gasteiger partial charge on any atom is 0.240 e. The van der Waals surface area contributed by atoms with Gasteiger partial charge in [-0.05, 0) is 44.4 Å². The average Bonchev–Trinajstić information content (AvgIpc) is 2.40. The maximum absolute atomic E-state index is 12.9. The first-order valence-electron chi connectivity index (χ1n) is 7.15. The van der Waals surface area contributed by atoms with E-state index in [0.717, 1.165) is 5.56 Å². The van der Waals surface area contributed by atoms with Crippen LogP contribution in [-0.4, -0.2) is 22.8 Å². The number of nitrogen functional groups attached to an aromatic ring is 1. The van der Waals surface area contributed by atoms with Crippen LogP contribution in [0.5, 0.6) is 0 Å². The molecule has 1 aromatic rings. The van der Waals surface area contributed by atoms with E-state index in [1.165, 1.54) is 4.90 Å². The van der Waals surface area contributed by atoms with Crippen LogP contribution in [0.15, 0.2) is 24.3 Å². The van der Waals surface area contributed by atoms with Gasteiger partial charge in [-0.3, -0.25) is 14.5 Å². The highest BCUT2D eigenvalue weighted by Crippen LogP contribution is 2.39. The molecule has 1 saturated heterocycles. The fourth-order valence-corrected chi connectivity index (χ4v) is 3.02. The highest BCUT2D eigenvalue weighted by atomic mass is 16.2. The van der Waals surface area contributed by atoms with Crippen LogP contribution in [0.2, 0.25) is 0 Å². The Kier molecular flexibility index (Phi) is 3.84. The molecule has 0 aliphatic carbocycles. The second-order valence-electron chi connectivity index (χ2n) is 5.72. The standard InChI is InChI=1S/C16H22N2O2/c1-4-16(12-5-7-13(17)8-6-12)10-9-14(19)18(11(2)3)15(16)20/h5-8,11H,4,9-10,17H2,1-3H3. The summed E-state index contributed by atoms with van der Waals surface area (Å²) in [5.74, 6) is -0.138. The number of hydrogen-bond donors (Lipinski definition) is 1. The topological polar surface area (TPSA) is 63.4 Å². The zero-order valence-corrected chi connectivity index (χ0v) is 12.3. The van der Waals surface area contributed by atoms with Crippen molar-refractivity contribution in [2.75, 3.05) is 5.73 Å². The number of amides is 2. The van der Waals surface area contributed by atoms with Crippen LogP contribution < -0.4 is 5.73 Å². The van der Waals surface area contributed by atoms with Crippen LogP contribution in [-0.2, 0) is 15.0 Å². The number of nitrogens with zero attached hydrogens (tertiary/aromatic N) is 1. The molecule has 1 heterocycles. The first-order chi connectivity index (χ1) is 9.42. The normalized spacial score (nSPS) is 23.5. The minimum absolute atomic E-state index is 0.0653. The molecule has 2 amide bonds. The van der Waals surface area contributed by atoms with Crippen molar-refractivity contribution in [1.29, 1.82) is 0 Å². The summed E-state index contributed by atoms with van der Waals surface area (Å²) in [5, 5.41) is 0. The Balaban J connectivity index is 2.47. The van der Waals surface area contributed by atoms with E-state index in [2.05, 4.69) is 0 Å². The van der Waals surface area contributed by atoms with Gasteiger partial charge < -0.3 is 5.73 Å². The lowest BCUT2D eigenvalue weighted by Gasteiger charge is -2.42. The van der Waals surface area contributed by atoms with Crippen LogP contribution in [0.4, 0.5) is 5.69 Å². The fraction of sp³-hybridized carbons (Fsp3) is 0.500. The highest BCUT2D eigenvalue weighted by molar-refractivity contribution is 6.03.